The number of nitrogens with one attached hydrogen (secondary N) is 1. The third kappa shape index (κ3) is 5.02. The molecule has 1 fully saturated rings. The van der Waals surface area contributed by atoms with E-state index in [4.69, 9.17) is 12.2 Å². The van der Waals surface area contributed by atoms with E-state index in [1.807, 2.05) is 18.2 Å². The molecule has 0 saturated carbocycles. The van der Waals surface area contributed by atoms with Crippen molar-refractivity contribution in [2.75, 3.05) is 11.9 Å². The van der Waals surface area contributed by atoms with Crippen LogP contribution in [-0.4, -0.2) is 32.6 Å². The zero-order valence-electron chi connectivity index (χ0n) is 14.8. The van der Waals surface area contributed by atoms with Crippen LogP contribution in [0, 0.1) is 0 Å². The molecule has 1 aliphatic rings. The van der Waals surface area contributed by atoms with E-state index in [2.05, 4.69) is 29.4 Å². The molecule has 27 heavy (non-hydrogen) atoms. The number of nitrogens with zero attached hydrogens (tertiary/aromatic N) is 2. The summed E-state index contributed by atoms with van der Waals surface area (Å²) < 4.78 is 0.477. The van der Waals surface area contributed by atoms with Gasteiger partial charge in [0, 0.05) is 19.2 Å². The lowest BCUT2D eigenvalue weighted by molar-refractivity contribution is -0.122. The number of rotatable bonds is 6. The average molecular weight is 398 g/mol. The van der Waals surface area contributed by atoms with Crippen LogP contribution in [0.5, 0.6) is 0 Å². The molecule has 0 spiro atoms. The van der Waals surface area contributed by atoms with Crippen molar-refractivity contribution < 1.29 is 9.59 Å². The number of anilines is 1. The van der Waals surface area contributed by atoms with Gasteiger partial charge in [0.2, 0.25) is 5.91 Å². The van der Waals surface area contributed by atoms with Crippen LogP contribution in [0.4, 0.5) is 5.69 Å². The second-order valence-corrected chi connectivity index (χ2v) is 7.64. The van der Waals surface area contributed by atoms with E-state index >= 15 is 0 Å². The quantitative estimate of drug-likeness (QED) is 0.592. The second kappa shape index (κ2) is 8.92. The number of hydrogen-bond donors (Lipinski definition) is 1. The van der Waals surface area contributed by atoms with Crippen molar-refractivity contribution in [3.8, 4) is 0 Å². The normalized spacial score (nSPS) is 15.4. The predicted molar refractivity (Wildman–Crippen MR) is 113 cm³/mol. The van der Waals surface area contributed by atoms with Crippen molar-refractivity contribution in [3.05, 3.63) is 64.8 Å². The van der Waals surface area contributed by atoms with Gasteiger partial charge in [0.1, 0.15) is 4.32 Å². The molecule has 0 unspecified atom stereocenters. The van der Waals surface area contributed by atoms with Crippen LogP contribution in [0.2, 0.25) is 0 Å². The Kier molecular flexibility index (Phi) is 6.36. The van der Waals surface area contributed by atoms with Gasteiger partial charge in [-0.3, -0.25) is 19.5 Å². The van der Waals surface area contributed by atoms with Gasteiger partial charge in [-0.25, -0.2) is 0 Å². The SMILES string of the molecule is CCc1ccc(/C=C2\SC(=S)N(CCC(=O)Nc3cccnc3)C2=O)cc1. The summed E-state index contributed by atoms with van der Waals surface area (Å²) in [4.78, 5) is 30.7. The van der Waals surface area contributed by atoms with Crippen molar-refractivity contribution in [2.24, 2.45) is 0 Å². The van der Waals surface area contributed by atoms with Gasteiger partial charge in [0.05, 0.1) is 16.8 Å². The lowest BCUT2D eigenvalue weighted by atomic mass is 10.1. The summed E-state index contributed by atoms with van der Waals surface area (Å²) in [6.45, 7) is 2.35. The Morgan fingerprint density at radius 1 is 1.30 bits per heavy atom. The van der Waals surface area contributed by atoms with Gasteiger partial charge in [-0.1, -0.05) is 55.2 Å². The lowest BCUT2D eigenvalue weighted by Crippen LogP contribution is -2.31. The molecule has 2 amide bonds. The number of carbonyl (C=O) groups is 2. The Morgan fingerprint density at radius 2 is 2.07 bits per heavy atom. The number of thioether (sulfide) groups is 1. The maximum atomic E-state index is 12.6. The average Bonchev–Trinajstić information content (AvgIpc) is 2.94. The molecule has 1 aromatic heterocycles. The van der Waals surface area contributed by atoms with E-state index in [9.17, 15) is 9.59 Å². The number of amides is 2. The number of aryl methyl sites for hydroxylation is 1. The molecule has 138 valence electrons. The van der Waals surface area contributed by atoms with E-state index in [0.717, 1.165) is 12.0 Å². The Labute approximate surface area is 167 Å². The Morgan fingerprint density at radius 3 is 2.74 bits per heavy atom. The maximum Gasteiger partial charge on any atom is 0.266 e. The zero-order valence-corrected chi connectivity index (χ0v) is 16.5. The molecule has 0 radical (unpaired) electrons. The molecule has 0 atom stereocenters. The fraction of sp³-hybridized carbons (Fsp3) is 0.200. The molecule has 7 heteroatoms. The maximum absolute atomic E-state index is 12.6. The van der Waals surface area contributed by atoms with Crippen LogP contribution in [-0.2, 0) is 16.0 Å². The van der Waals surface area contributed by atoms with E-state index in [0.29, 0.717) is 14.9 Å². The Bertz CT molecular complexity index is 880. The van der Waals surface area contributed by atoms with E-state index in [1.54, 1.807) is 24.5 Å². The summed E-state index contributed by atoms with van der Waals surface area (Å²) in [5.41, 5.74) is 2.84. The fourth-order valence-electron chi connectivity index (χ4n) is 2.57. The summed E-state index contributed by atoms with van der Waals surface area (Å²) in [6.07, 6.45) is 6.19. The molecule has 1 aliphatic heterocycles. The highest BCUT2D eigenvalue weighted by atomic mass is 32.2. The minimum atomic E-state index is -0.184. The van der Waals surface area contributed by atoms with Gasteiger partial charge in [-0.2, -0.15) is 0 Å². The first-order chi connectivity index (χ1) is 13.1. The summed E-state index contributed by atoms with van der Waals surface area (Å²) >= 11 is 6.59. The molecule has 2 aromatic rings. The third-order valence-corrected chi connectivity index (χ3v) is 5.44. The molecule has 1 N–H and O–H groups in total. The largest absolute Gasteiger partial charge is 0.325 e. The summed E-state index contributed by atoms with van der Waals surface area (Å²) in [7, 11) is 0. The molecule has 5 nitrogen and oxygen atoms in total. The van der Waals surface area contributed by atoms with E-state index in [-0.39, 0.29) is 24.8 Å². The van der Waals surface area contributed by atoms with Crippen molar-refractivity contribution in [1.29, 1.82) is 0 Å². The van der Waals surface area contributed by atoms with Gasteiger partial charge in [-0.15, -0.1) is 0 Å². The Balaban J connectivity index is 1.60. The van der Waals surface area contributed by atoms with Crippen LogP contribution in [0.25, 0.3) is 6.08 Å². The highest BCUT2D eigenvalue weighted by molar-refractivity contribution is 8.26. The van der Waals surface area contributed by atoms with Crippen LogP contribution in [0.3, 0.4) is 0 Å². The monoisotopic (exact) mass is 397 g/mol. The van der Waals surface area contributed by atoms with E-state index in [1.165, 1.54) is 22.2 Å². The summed E-state index contributed by atoms with van der Waals surface area (Å²) in [5.74, 6) is -0.338. The lowest BCUT2D eigenvalue weighted by Gasteiger charge is -2.14. The van der Waals surface area contributed by atoms with E-state index < -0.39 is 0 Å². The smallest absolute Gasteiger partial charge is 0.266 e. The highest BCUT2D eigenvalue weighted by Crippen LogP contribution is 2.32. The van der Waals surface area contributed by atoms with Crippen molar-refractivity contribution >= 4 is 51.9 Å². The second-order valence-electron chi connectivity index (χ2n) is 5.97. The summed E-state index contributed by atoms with van der Waals surface area (Å²) in [5, 5.41) is 2.75. The molecule has 0 aliphatic carbocycles. The van der Waals surface area contributed by atoms with Gasteiger partial charge >= 0.3 is 0 Å². The van der Waals surface area contributed by atoms with Crippen LogP contribution < -0.4 is 5.32 Å². The first kappa shape index (κ1) is 19.3. The molecular weight excluding hydrogens is 378 g/mol. The molecule has 0 bridgehead atoms. The molecule has 2 heterocycles. The van der Waals surface area contributed by atoms with Gasteiger partial charge in [0.25, 0.3) is 5.91 Å². The topological polar surface area (TPSA) is 62.3 Å². The molecule has 3 rings (SSSR count). The standard InChI is InChI=1S/C20H19N3O2S2/c1-2-14-5-7-15(8-6-14)12-17-19(25)23(20(26)27-17)11-9-18(24)22-16-4-3-10-21-13-16/h3-8,10,12-13H,2,9,11H2,1H3,(H,22,24)/b17-12-. The number of thiocarbonyl (C=S) groups is 1. The van der Waals surface area contributed by atoms with Crippen molar-refractivity contribution in [2.45, 2.75) is 19.8 Å². The van der Waals surface area contributed by atoms with Crippen LogP contribution in [0.15, 0.2) is 53.7 Å². The van der Waals surface area contributed by atoms with Crippen molar-refractivity contribution in [1.82, 2.24) is 9.88 Å². The first-order valence-corrected chi connectivity index (χ1v) is 9.83. The van der Waals surface area contributed by atoms with Gasteiger partial charge in [-0.05, 0) is 35.8 Å². The number of benzene rings is 1. The highest BCUT2D eigenvalue weighted by Gasteiger charge is 2.32. The molecule has 1 saturated heterocycles. The number of pyridine rings is 1. The predicted octanol–water partition coefficient (Wildman–Crippen LogP) is 3.87. The van der Waals surface area contributed by atoms with Crippen molar-refractivity contribution in [3.63, 3.8) is 0 Å². The first-order valence-electron chi connectivity index (χ1n) is 8.61. The minimum absolute atomic E-state index is 0.154. The number of hydrogen-bond acceptors (Lipinski definition) is 5. The number of aromatic nitrogens is 1. The minimum Gasteiger partial charge on any atom is -0.325 e. The third-order valence-electron chi connectivity index (χ3n) is 4.07. The Hall–Kier alpha value is -2.51. The summed E-state index contributed by atoms with van der Waals surface area (Å²) in [6, 6.07) is 11.6. The van der Waals surface area contributed by atoms with Gasteiger partial charge < -0.3 is 5.32 Å². The van der Waals surface area contributed by atoms with Crippen LogP contribution in [0.1, 0.15) is 24.5 Å². The van der Waals surface area contributed by atoms with Gasteiger partial charge in [0.15, 0.2) is 0 Å². The molecular formula is C20H19N3O2S2. The van der Waals surface area contributed by atoms with Crippen LogP contribution >= 0.6 is 24.0 Å². The molecule has 1 aromatic carbocycles. The zero-order chi connectivity index (χ0) is 19.2. The number of carbonyl (C=O) groups excluding carboxylic acids is 2. The fourth-order valence-corrected chi connectivity index (χ4v) is 3.88.